The summed E-state index contributed by atoms with van der Waals surface area (Å²) in [6.45, 7) is 7.66. The summed E-state index contributed by atoms with van der Waals surface area (Å²) in [6.07, 6.45) is 0. The monoisotopic (exact) mass is 336 g/mol. The minimum atomic E-state index is -0.0665. The predicted molar refractivity (Wildman–Crippen MR) is 90.6 cm³/mol. The summed E-state index contributed by atoms with van der Waals surface area (Å²) in [5.74, 6) is 0.860. The number of hydrogen-bond donors (Lipinski definition) is 2. The lowest BCUT2D eigenvalue weighted by molar-refractivity contribution is 0.0947. The van der Waals surface area contributed by atoms with Crippen LogP contribution >= 0.6 is 35.8 Å². The fraction of sp³-hybridized carbons (Fsp3) is 0.500. The fourth-order valence-electron chi connectivity index (χ4n) is 1.72. The minimum Gasteiger partial charge on any atom is -0.350 e. The second-order valence-electron chi connectivity index (χ2n) is 4.24. The van der Waals surface area contributed by atoms with Crippen LogP contribution in [-0.2, 0) is 0 Å². The Kier molecular flexibility index (Phi) is 10.1. The van der Waals surface area contributed by atoms with Crippen molar-refractivity contribution in [2.45, 2.75) is 31.7 Å². The van der Waals surface area contributed by atoms with Gasteiger partial charge < -0.3 is 10.6 Å². The highest BCUT2D eigenvalue weighted by molar-refractivity contribution is 7.99. The number of carbonyl (C=O) groups is 1. The standard InChI is InChI=1S/C14H21ClN2OS.ClH/c1-4-16-10(3)9-17-14(18)12-8-11(15)6-7-13(12)19-5-2;/h6-8,10,16H,4-5,9H2,1-3H3,(H,17,18);1H/t10-;/m1./s1. The molecule has 3 nitrogen and oxygen atoms in total. The van der Waals surface area contributed by atoms with Crippen LogP contribution in [-0.4, -0.2) is 30.8 Å². The summed E-state index contributed by atoms with van der Waals surface area (Å²) in [7, 11) is 0. The van der Waals surface area contributed by atoms with Crippen molar-refractivity contribution in [3.8, 4) is 0 Å². The van der Waals surface area contributed by atoms with Gasteiger partial charge in [0.2, 0.25) is 0 Å². The molecule has 0 aliphatic carbocycles. The van der Waals surface area contributed by atoms with Gasteiger partial charge >= 0.3 is 0 Å². The summed E-state index contributed by atoms with van der Waals surface area (Å²) in [6, 6.07) is 5.71. The highest BCUT2D eigenvalue weighted by Gasteiger charge is 2.12. The molecule has 1 aromatic rings. The van der Waals surface area contributed by atoms with Crippen molar-refractivity contribution in [2.24, 2.45) is 0 Å². The minimum absolute atomic E-state index is 0. The summed E-state index contributed by atoms with van der Waals surface area (Å²) >= 11 is 7.62. The Bertz CT molecular complexity index is 430. The summed E-state index contributed by atoms with van der Waals surface area (Å²) in [5, 5.41) is 6.78. The number of halogens is 2. The van der Waals surface area contributed by atoms with Crippen LogP contribution in [0.2, 0.25) is 5.02 Å². The molecule has 1 aromatic carbocycles. The maximum atomic E-state index is 12.2. The molecular weight excluding hydrogens is 315 g/mol. The highest BCUT2D eigenvalue weighted by Crippen LogP contribution is 2.25. The third-order valence-corrected chi connectivity index (χ3v) is 3.80. The summed E-state index contributed by atoms with van der Waals surface area (Å²) < 4.78 is 0. The van der Waals surface area contributed by atoms with Crippen LogP contribution in [0.5, 0.6) is 0 Å². The molecule has 0 aliphatic rings. The van der Waals surface area contributed by atoms with E-state index in [1.165, 1.54) is 0 Å². The number of thioether (sulfide) groups is 1. The van der Waals surface area contributed by atoms with Crippen LogP contribution in [0.25, 0.3) is 0 Å². The smallest absolute Gasteiger partial charge is 0.252 e. The number of amides is 1. The van der Waals surface area contributed by atoms with Gasteiger partial charge in [-0.1, -0.05) is 25.4 Å². The fourth-order valence-corrected chi connectivity index (χ4v) is 2.68. The van der Waals surface area contributed by atoms with Crippen molar-refractivity contribution in [2.75, 3.05) is 18.8 Å². The molecule has 1 atom stereocenters. The van der Waals surface area contributed by atoms with E-state index in [4.69, 9.17) is 11.6 Å². The Balaban J connectivity index is 0.00000361. The van der Waals surface area contributed by atoms with Gasteiger partial charge in [0, 0.05) is 22.5 Å². The van der Waals surface area contributed by atoms with E-state index in [2.05, 4.69) is 17.6 Å². The van der Waals surface area contributed by atoms with Gasteiger partial charge in [0.25, 0.3) is 5.91 Å². The van der Waals surface area contributed by atoms with Gasteiger partial charge in [-0.25, -0.2) is 0 Å². The van der Waals surface area contributed by atoms with Gasteiger partial charge in [-0.15, -0.1) is 24.2 Å². The molecular formula is C14H22Cl2N2OS. The lowest BCUT2D eigenvalue weighted by Crippen LogP contribution is -2.38. The molecule has 0 spiro atoms. The first-order chi connectivity index (χ1) is 9.08. The average molecular weight is 337 g/mol. The molecule has 0 aromatic heterocycles. The molecule has 0 saturated heterocycles. The van der Waals surface area contributed by atoms with Crippen LogP contribution in [0.3, 0.4) is 0 Å². The number of likely N-dealkylation sites (N-methyl/N-ethyl adjacent to an activating group) is 1. The number of hydrogen-bond acceptors (Lipinski definition) is 3. The van der Waals surface area contributed by atoms with Gasteiger partial charge in [-0.05, 0) is 37.4 Å². The topological polar surface area (TPSA) is 41.1 Å². The SMILES string of the molecule is CCN[C@H](C)CNC(=O)c1cc(Cl)ccc1SCC.Cl. The zero-order valence-corrected chi connectivity index (χ0v) is 14.4. The number of carbonyl (C=O) groups excluding carboxylic acids is 1. The van der Waals surface area contributed by atoms with Gasteiger partial charge in [0.1, 0.15) is 0 Å². The molecule has 114 valence electrons. The number of rotatable bonds is 7. The van der Waals surface area contributed by atoms with E-state index in [9.17, 15) is 4.79 Å². The lowest BCUT2D eigenvalue weighted by Gasteiger charge is -2.14. The van der Waals surface area contributed by atoms with Crippen LogP contribution in [0.15, 0.2) is 23.1 Å². The predicted octanol–water partition coefficient (Wildman–Crippen LogP) is 3.60. The zero-order valence-electron chi connectivity index (χ0n) is 12.0. The van der Waals surface area contributed by atoms with E-state index in [-0.39, 0.29) is 24.4 Å². The first-order valence-corrected chi connectivity index (χ1v) is 7.88. The normalized spacial score (nSPS) is 11.6. The molecule has 20 heavy (non-hydrogen) atoms. The van der Waals surface area contributed by atoms with Crippen molar-refractivity contribution in [3.05, 3.63) is 28.8 Å². The lowest BCUT2D eigenvalue weighted by atomic mass is 10.2. The van der Waals surface area contributed by atoms with E-state index in [0.717, 1.165) is 17.2 Å². The van der Waals surface area contributed by atoms with E-state index in [0.29, 0.717) is 17.1 Å². The van der Waals surface area contributed by atoms with Crippen molar-refractivity contribution in [3.63, 3.8) is 0 Å². The van der Waals surface area contributed by atoms with Crippen LogP contribution in [0, 0.1) is 0 Å². The molecule has 0 radical (unpaired) electrons. The Morgan fingerprint density at radius 3 is 2.70 bits per heavy atom. The van der Waals surface area contributed by atoms with Crippen LogP contribution < -0.4 is 10.6 Å². The van der Waals surface area contributed by atoms with Crippen LogP contribution in [0.1, 0.15) is 31.1 Å². The second kappa shape index (κ2) is 10.3. The van der Waals surface area contributed by atoms with E-state index >= 15 is 0 Å². The van der Waals surface area contributed by atoms with Crippen molar-refractivity contribution >= 4 is 41.7 Å². The Hall–Kier alpha value is -0.420. The molecule has 0 heterocycles. The highest BCUT2D eigenvalue weighted by atomic mass is 35.5. The summed E-state index contributed by atoms with van der Waals surface area (Å²) in [5.41, 5.74) is 0.656. The molecule has 0 unspecified atom stereocenters. The Labute approximate surface area is 136 Å². The largest absolute Gasteiger partial charge is 0.350 e. The van der Waals surface area contributed by atoms with E-state index in [1.807, 2.05) is 26.0 Å². The van der Waals surface area contributed by atoms with Gasteiger partial charge in [-0.3, -0.25) is 4.79 Å². The maximum absolute atomic E-state index is 12.2. The number of benzene rings is 1. The third kappa shape index (κ3) is 6.35. The molecule has 2 N–H and O–H groups in total. The second-order valence-corrected chi connectivity index (χ2v) is 5.98. The van der Waals surface area contributed by atoms with Gasteiger partial charge in [0.05, 0.1) is 5.56 Å². The first-order valence-electron chi connectivity index (χ1n) is 6.52. The molecule has 0 fully saturated rings. The van der Waals surface area contributed by atoms with Crippen molar-refractivity contribution in [1.82, 2.24) is 10.6 Å². The maximum Gasteiger partial charge on any atom is 0.252 e. The summed E-state index contributed by atoms with van der Waals surface area (Å²) in [4.78, 5) is 13.2. The van der Waals surface area contributed by atoms with Crippen molar-refractivity contribution in [1.29, 1.82) is 0 Å². The van der Waals surface area contributed by atoms with E-state index < -0.39 is 0 Å². The molecule has 0 bridgehead atoms. The first kappa shape index (κ1) is 19.6. The Morgan fingerprint density at radius 1 is 1.40 bits per heavy atom. The zero-order chi connectivity index (χ0) is 14.3. The van der Waals surface area contributed by atoms with Crippen molar-refractivity contribution < 1.29 is 4.79 Å². The Morgan fingerprint density at radius 2 is 2.10 bits per heavy atom. The van der Waals surface area contributed by atoms with Crippen LogP contribution in [0.4, 0.5) is 0 Å². The van der Waals surface area contributed by atoms with Gasteiger partial charge in [-0.2, -0.15) is 0 Å². The molecule has 0 saturated carbocycles. The molecule has 6 heteroatoms. The van der Waals surface area contributed by atoms with E-state index in [1.54, 1.807) is 17.8 Å². The number of nitrogens with one attached hydrogen (secondary N) is 2. The molecule has 1 rings (SSSR count). The molecule has 1 amide bonds. The molecule has 0 aliphatic heterocycles. The third-order valence-electron chi connectivity index (χ3n) is 2.61. The van der Waals surface area contributed by atoms with Gasteiger partial charge in [0.15, 0.2) is 0 Å². The average Bonchev–Trinajstić information content (AvgIpc) is 2.38. The quantitative estimate of drug-likeness (QED) is 0.747.